The van der Waals surface area contributed by atoms with E-state index in [-0.39, 0.29) is 0 Å². The number of nitrogens with one attached hydrogen (secondary N) is 1. The maximum absolute atomic E-state index is 5.44. The second-order valence-corrected chi connectivity index (χ2v) is 5.22. The van der Waals surface area contributed by atoms with E-state index in [1.165, 1.54) is 6.42 Å². The first-order chi connectivity index (χ1) is 10.2. The van der Waals surface area contributed by atoms with Gasteiger partial charge in [0.25, 0.3) is 0 Å². The number of ether oxygens (including phenoxy) is 3. The average molecular weight is 294 g/mol. The van der Waals surface area contributed by atoms with Crippen LogP contribution in [-0.4, -0.2) is 47.0 Å². The Labute approximate surface area is 127 Å². The van der Waals surface area contributed by atoms with Gasteiger partial charge in [0.15, 0.2) is 11.5 Å². The van der Waals surface area contributed by atoms with E-state index in [1.807, 2.05) is 12.1 Å². The Morgan fingerprint density at radius 1 is 1.10 bits per heavy atom. The Morgan fingerprint density at radius 3 is 2.29 bits per heavy atom. The Hall–Kier alpha value is -1.62. The van der Waals surface area contributed by atoms with E-state index < -0.39 is 0 Å². The topological polar surface area (TPSA) is 43.0 Å². The van der Waals surface area contributed by atoms with Crippen LogP contribution in [0.5, 0.6) is 17.2 Å². The fourth-order valence-electron chi connectivity index (χ4n) is 2.79. The quantitative estimate of drug-likeness (QED) is 0.902. The third-order valence-electron chi connectivity index (χ3n) is 4.07. The van der Waals surface area contributed by atoms with Crippen LogP contribution >= 0.6 is 0 Å². The standard InChI is InChI=1S/C16H26N2O3/c1-5-12-6-8-18(9-7-17-12)13-10-14(19-2)16(21-4)15(11-13)20-3/h10-12,17H,5-9H2,1-4H3. The predicted molar refractivity (Wildman–Crippen MR) is 85.0 cm³/mol. The summed E-state index contributed by atoms with van der Waals surface area (Å²) in [6.45, 7) is 5.24. The molecule has 0 radical (unpaired) electrons. The van der Waals surface area contributed by atoms with E-state index >= 15 is 0 Å². The van der Waals surface area contributed by atoms with Crippen LogP contribution in [0.15, 0.2) is 12.1 Å². The number of anilines is 1. The van der Waals surface area contributed by atoms with Crippen LogP contribution in [0.3, 0.4) is 0 Å². The minimum atomic E-state index is 0.608. The fraction of sp³-hybridized carbons (Fsp3) is 0.625. The van der Waals surface area contributed by atoms with Crippen molar-refractivity contribution in [3.8, 4) is 17.2 Å². The Bertz CT molecular complexity index is 440. The van der Waals surface area contributed by atoms with Crippen LogP contribution in [0.2, 0.25) is 0 Å². The lowest BCUT2D eigenvalue weighted by atomic mass is 10.1. The van der Waals surface area contributed by atoms with Gasteiger partial charge in [0, 0.05) is 43.5 Å². The van der Waals surface area contributed by atoms with Gasteiger partial charge in [-0.1, -0.05) is 6.92 Å². The van der Waals surface area contributed by atoms with Crippen LogP contribution in [0, 0.1) is 0 Å². The molecule has 0 aromatic heterocycles. The molecule has 5 heteroatoms. The summed E-state index contributed by atoms with van der Waals surface area (Å²) in [5, 5.41) is 3.58. The molecule has 1 unspecified atom stereocenters. The van der Waals surface area contributed by atoms with E-state index in [0.717, 1.165) is 31.7 Å². The summed E-state index contributed by atoms with van der Waals surface area (Å²) in [4.78, 5) is 2.37. The average Bonchev–Trinajstić information content (AvgIpc) is 2.78. The minimum Gasteiger partial charge on any atom is -0.493 e. The number of benzene rings is 1. The first kappa shape index (κ1) is 15.8. The van der Waals surface area contributed by atoms with Crippen LogP contribution in [-0.2, 0) is 0 Å². The van der Waals surface area contributed by atoms with Gasteiger partial charge in [0.2, 0.25) is 5.75 Å². The monoisotopic (exact) mass is 294 g/mol. The maximum atomic E-state index is 5.44. The Kier molecular flexibility index (Phi) is 5.56. The van der Waals surface area contributed by atoms with Gasteiger partial charge in [-0.3, -0.25) is 0 Å². The molecule has 1 heterocycles. The van der Waals surface area contributed by atoms with Crippen LogP contribution in [0.25, 0.3) is 0 Å². The molecule has 0 saturated carbocycles. The zero-order valence-corrected chi connectivity index (χ0v) is 13.4. The number of nitrogens with zero attached hydrogens (tertiary/aromatic N) is 1. The third kappa shape index (κ3) is 3.53. The van der Waals surface area contributed by atoms with Crippen molar-refractivity contribution in [1.82, 2.24) is 5.32 Å². The number of rotatable bonds is 5. The van der Waals surface area contributed by atoms with Crippen molar-refractivity contribution >= 4 is 5.69 Å². The predicted octanol–water partition coefficient (Wildman–Crippen LogP) is 2.29. The highest BCUT2D eigenvalue weighted by Crippen LogP contribution is 2.41. The lowest BCUT2D eigenvalue weighted by Crippen LogP contribution is -2.30. The summed E-state index contributed by atoms with van der Waals surface area (Å²) < 4.78 is 16.3. The van der Waals surface area contributed by atoms with Crippen LogP contribution in [0.1, 0.15) is 19.8 Å². The molecule has 5 nitrogen and oxygen atoms in total. The van der Waals surface area contributed by atoms with Gasteiger partial charge in [-0.15, -0.1) is 0 Å². The molecule has 1 fully saturated rings. The molecule has 0 aliphatic carbocycles. The van der Waals surface area contributed by atoms with Gasteiger partial charge in [-0.2, -0.15) is 0 Å². The second-order valence-electron chi connectivity index (χ2n) is 5.22. The number of hydrogen-bond donors (Lipinski definition) is 1. The zero-order valence-electron chi connectivity index (χ0n) is 13.4. The van der Waals surface area contributed by atoms with Crippen molar-refractivity contribution in [3.63, 3.8) is 0 Å². The first-order valence-electron chi connectivity index (χ1n) is 7.51. The Balaban J connectivity index is 2.26. The molecule has 1 aromatic carbocycles. The summed E-state index contributed by atoms with van der Waals surface area (Å²) in [5.41, 5.74) is 1.11. The molecule has 1 aromatic rings. The summed E-state index contributed by atoms with van der Waals surface area (Å²) in [7, 11) is 4.93. The van der Waals surface area contributed by atoms with Gasteiger partial charge < -0.3 is 24.4 Å². The van der Waals surface area contributed by atoms with Gasteiger partial charge in [0.1, 0.15) is 0 Å². The van der Waals surface area contributed by atoms with Crippen molar-refractivity contribution in [2.45, 2.75) is 25.8 Å². The highest BCUT2D eigenvalue weighted by Gasteiger charge is 2.19. The van der Waals surface area contributed by atoms with E-state index in [9.17, 15) is 0 Å². The normalized spacial score (nSPS) is 19.0. The summed E-state index contributed by atoms with van der Waals surface area (Å²) in [6.07, 6.45) is 2.32. The molecule has 2 rings (SSSR count). The van der Waals surface area contributed by atoms with Crippen molar-refractivity contribution in [3.05, 3.63) is 12.1 Å². The van der Waals surface area contributed by atoms with E-state index in [0.29, 0.717) is 23.3 Å². The molecule has 0 spiro atoms. The number of hydrogen-bond acceptors (Lipinski definition) is 5. The lowest BCUT2D eigenvalue weighted by molar-refractivity contribution is 0.324. The van der Waals surface area contributed by atoms with Crippen LogP contribution < -0.4 is 24.4 Å². The SMILES string of the molecule is CCC1CCN(c2cc(OC)c(OC)c(OC)c2)CCN1. The second kappa shape index (κ2) is 7.41. The fourth-order valence-corrected chi connectivity index (χ4v) is 2.79. The smallest absolute Gasteiger partial charge is 0.203 e. The summed E-state index contributed by atoms with van der Waals surface area (Å²) >= 11 is 0. The largest absolute Gasteiger partial charge is 0.493 e. The third-order valence-corrected chi connectivity index (χ3v) is 4.07. The minimum absolute atomic E-state index is 0.608. The van der Waals surface area contributed by atoms with Gasteiger partial charge >= 0.3 is 0 Å². The lowest BCUT2D eigenvalue weighted by Gasteiger charge is -2.24. The van der Waals surface area contributed by atoms with Gasteiger partial charge in [0.05, 0.1) is 21.3 Å². The highest BCUT2D eigenvalue weighted by atomic mass is 16.5. The molecular formula is C16H26N2O3. The molecule has 1 saturated heterocycles. The Morgan fingerprint density at radius 2 is 1.76 bits per heavy atom. The molecular weight excluding hydrogens is 268 g/mol. The molecule has 1 N–H and O–H groups in total. The molecule has 1 aliphatic rings. The van der Waals surface area contributed by atoms with E-state index in [2.05, 4.69) is 17.1 Å². The molecule has 1 atom stereocenters. The first-order valence-corrected chi connectivity index (χ1v) is 7.51. The molecule has 1 aliphatic heterocycles. The molecule has 21 heavy (non-hydrogen) atoms. The van der Waals surface area contributed by atoms with Crippen molar-refractivity contribution in [2.75, 3.05) is 45.9 Å². The molecule has 0 bridgehead atoms. The van der Waals surface area contributed by atoms with E-state index in [1.54, 1.807) is 21.3 Å². The summed E-state index contributed by atoms with van der Waals surface area (Å²) in [6, 6.07) is 4.65. The van der Waals surface area contributed by atoms with Crippen molar-refractivity contribution < 1.29 is 14.2 Å². The highest BCUT2D eigenvalue weighted by molar-refractivity contribution is 5.63. The summed E-state index contributed by atoms with van der Waals surface area (Å²) in [5.74, 6) is 2.05. The number of methoxy groups -OCH3 is 3. The van der Waals surface area contributed by atoms with Crippen molar-refractivity contribution in [2.24, 2.45) is 0 Å². The van der Waals surface area contributed by atoms with E-state index in [4.69, 9.17) is 14.2 Å². The van der Waals surface area contributed by atoms with Crippen molar-refractivity contribution in [1.29, 1.82) is 0 Å². The zero-order chi connectivity index (χ0) is 15.2. The van der Waals surface area contributed by atoms with Gasteiger partial charge in [-0.25, -0.2) is 0 Å². The molecule has 0 amide bonds. The molecule has 118 valence electrons. The van der Waals surface area contributed by atoms with Crippen LogP contribution in [0.4, 0.5) is 5.69 Å². The van der Waals surface area contributed by atoms with Gasteiger partial charge in [-0.05, 0) is 12.8 Å². The maximum Gasteiger partial charge on any atom is 0.203 e.